The molecular weight excluding hydrogens is 222 g/mol. The van der Waals surface area contributed by atoms with Gasteiger partial charge in [-0.05, 0) is 5.56 Å². The van der Waals surface area contributed by atoms with Gasteiger partial charge >= 0.3 is 0 Å². The van der Waals surface area contributed by atoms with Crippen molar-refractivity contribution in [1.29, 1.82) is 0 Å². The Hall–Kier alpha value is -1.20. The minimum Gasteiger partial charge on any atom is -0.312 e. The van der Waals surface area contributed by atoms with Crippen molar-refractivity contribution in [1.82, 2.24) is 15.5 Å². The summed E-state index contributed by atoms with van der Waals surface area (Å²) in [5, 5.41) is 11.4. The molecule has 0 amide bonds. The van der Waals surface area contributed by atoms with E-state index in [9.17, 15) is 4.21 Å². The Morgan fingerprint density at radius 2 is 2.38 bits per heavy atom. The predicted molar refractivity (Wildman–Crippen MR) is 66.7 cm³/mol. The molecule has 0 radical (unpaired) electrons. The smallest absolute Gasteiger partial charge is 0.0695 e. The molecule has 1 atom stereocenters. The fourth-order valence-corrected chi connectivity index (χ4v) is 2.05. The highest BCUT2D eigenvalue weighted by Gasteiger charge is 2.01. The largest absolute Gasteiger partial charge is 0.312 e. The second kappa shape index (κ2) is 5.23. The lowest BCUT2D eigenvalue weighted by atomic mass is 10.1. The van der Waals surface area contributed by atoms with Crippen LogP contribution in [0.1, 0.15) is 5.56 Å². The van der Waals surface area contributed by atoms with E-state index in [1.54, 1.807) is 6.26 Å². The molecule has 0 saturated carbocycles. The van der Waals surface area contributed by atoms with Gasteiger partial charge in [0, 0.05) is 41.3 Å². The van der Waals surface area contributed by atoms with Gasteiger partial charge in [-0.3, -0.25) is 9.31 Å². The van der Waals surface area contributed by atoms with E-state index < -0.39 is 10.8 Å². The van der Waals surface area contributed by atoms with Crippen LogP contribution in [0.3, 0.4) is 0 Å². The minimum atomic E-state index is -0.725. The summed E-state index contributed by atoms with van der Waals surface area (Å²) in [4.78, 5) is 0. The van der Waals surface area contributed by atoms with Gasteiger partial charge < -0.3 is 5.32 Å². The lowest BCUT2D eigenvalue weighted by molar-refractivity contribution is 0.677. The summed E-state index contributed by atoms with van der Waals surface area (Å²) in [6.07, 6.45) is 3.54. The number of rotatable bonds is 5. The quantitative estimate of drug-likeness (QED) is 0.764. The Balaban J connectivity index is 1.98. The van der Waals surface area contributed by atoms with Crippen molar-refractivity contribution in [3.8, 4) is 0 Å². The number of H-pyrrole nitrogens is 1. The van der Waals surface area contributed by atoms with E-state index in [2.05, 4.69) is 21.6 Å². The summed E-state index contributed by atoms with van der Waals surface area (Å²) in [5.41, 5.74) is 2.27. The van der Waals surface area contributed by atoms with Crippen molar-refractivity contribution in [2.24, 2.45) is 0 Å². The zero-order chi connectivity index (χ0) is 11.4. The van der Waals surface area contributed by atoms with Crippen molar-refractivity contribution < 1.29 is 4.21 Å². The van der Waals surface area contributed by atoms with Crippen LogP contribution in [0.4, 0.5) is 0 Å². The summed E-state index contributed by atoms with van der Waals surface area (Å²) in [6, 6.07) is 6.12. The molecule has 1 aromatic heterocycles. The van der Waals surface area contributed by atoms with Gasteiger partial charge in [-0.25, -0.2) is 0 Å². The van der Waals surface area contributed by atoms with Gasteiger partial charge in [0.1, 0.15) is 0 Å². The molecule has 5 heteroatoms. The zero-order valence-corrected chi connectivity index (χ0v) is 10.0. The molecule has 1 heterocycles. The number of nitrogens with one attached hydrogen (secondary N) is 2. The van der Waals surface area contributed by atoms with E-state index >= 15 is 0 Å². The Kier molecular flexibility index (Phi) is 3.69. The molecule has 4 nitrogen and oxygen atoms in total. The van der Waals surface area contributed by atoms with E-state index in [-0.39, 0.29) is 0 Å². The summed E-state index contributed by atoms with van der Waals surface area (Å²) in [5.74, 6) is 0.693. The fourth-order valence-electron chi connectivity index (χ4n) is 1.62. The van der Waals surface area contributed by atoms with E-state index in [1.807, 2.05) is 18.3 Å². The minimum absolute atomic E-state index is 0.693. The Morgan fingerprint density at radius 1 is 1.50 bits per heavy atom. The van der Waals surface area contributed by atoms with E-state index in [0.717, 1.165) is 24.0 Å². The SMILES string of the molecule is CS(=O)CCNCc1cccc2cn[nH]c12. The molecule has 86 valence electrons. The maximum absolute atomic E-state index is 10.9. The molecule has 2 rings (SSSR count). The number of hydrogen-bond donors (Lipinski definition) is 2. The van der Waals surface area contributed by atoms with Crippen LogP contribution >= 0.6 is 0 Å². The average Bonchev–Trinajstić information content (AvgIpc) is 2.72. The molecule has 0 aliphatic carbocycles. The van der Waals surface area contributed by atoms with Gasteiger partial charge in [0.25, 0.3) is 0 Å². The molecule has 0 saturated heterocycles. The highest BCUT2D eigenvalue weighted by molar-refractivity contribution is 7.84. The number of benzene rings is 1. The van der Waals surface area contributed by atoms with Gasteiger partial charge in [0.2, 0.25) is 0 Å². The standard InChI is InChI=1S/C11H15N3OS/c1-16(15)6-5-12-7-9-3-2-4-10-8-13-14-11(9)10/h2-4,8,12H,5-7H2,1H3,(H,13,14). The van der Waals surface area contributed by atoms with Gasteiger partial charge in [-0.2, -0.15) is 5.10 Å². The van der Waals surface area contributed by atoms with Crippen LogP contribution in [0.5, 0.6) is 0 Å². The molecule has 0 aliphatic rings. The Morgan fingerprint density at radius 3 is 3.19 bits per heavy atom. The lowest BCUT2D eigenvalue weighted by Crippen LogP contribution is -2.19. The molecule has 1 aromatic carbocycles. The van der Waals surface area contributed by atoms with Gasteiger partial charge in [-0.15, -0.1) is 0 Å². The average molecular weight is 237 g/mol. The number of fused-ring (bicyclic) bond motifs is 1. The number of aromatic nitrogens is 2. The van der Waals surface area contributed by atoms with E-state index in [1.165, 1.54) is 5.56 Å². The van der Waals surface area contributed by atoms with Crippen molar-refractivity contribution in [3.05, 3.63) is 30.0 Å². The summed E-state index contributed by atoms with van der Waals surface area (Å²) < 4.78 is 10.9. The first-order chi connectivity index (χ1) is 7.77. The second-order valence-electron chi connectivity index (χ2n) is 3.71. The monoisotopic (exact) mass is 237 g/mol. The van der Waals surface area contributed by atoms with Crippen molar-refractivity contribution >= 4 is 21.7 Å². The number of aromatic amines is 1. The van der Waals surface area contributed by atoms with Crippen LogP contribution in [-0.4, -0.2) is 33.0 Å². The number of para-hydroxylation sites is 1. The molecule has 0 spiro atoms. The number of nitrogens with zero attached hydrogens (tertiary/aromatic N) is 1. The maximum Gasteiger partial charge on any atom is 0.0695 e. The molecule has 2 aromatic rings. The molecule has 1 unspecified atom stereocenters. The topological polar surface area (TPSA) is 57.8 Å². The van der Waals surface area contributed by atoms with Crippen LogP contribution in [0, 0.1) is 0 Å². The highest BCUT2D eigenvalue weighted by Crippen LogP contribution is 2.14. The third-order valence-electron chi connectivity index (χ3n) is 2.44. The van der Waals surface area contributed by atoms with Crippen LogP contribution in [0.15, 0.2) is 24.4 Å². The van der Waals surface area contributed by atoms with Crippen LogP contribution < -0.4 is 5.32 Å². The molecule has 0 aliphatic heterocycles. The summed E-state index contributed by atoms with van der Waals surface area (Å²) in [6.45, 7) is 1.55. The Labute approximate surface area is 96.9 Å². The highest BCUT2D eigenvalue weighted by atomic mass is 32.2. The molecule has 16 heavy (non-hydrogen) atoms. The van der Waals surface area contributed by atoms with Crippen LogP contribution in [-0.2, 0) is 17.3 Å². The normalized spacial score (nSPS) is 13.1. The first kappa shape index (κ1) is 11.3. The van der Waals surface area contributed by atoms with Crippen molar-refractivity contribution in [2.45, 2.75) is 6.54 Å². The Bertz CT molecular complexity index is 495. The maximum atomic E-state index is 10.9. The first-order valence-corrected chi connectivity index (χ1v) is 6.92. The molecular formula is C11H15N3OS. The lowest BCUT2D eigenvalue weighted by Gasteiger charge is -2.04. The second-order valence-corrected chi connectivity index (χ2v) is 5.26. The van der Waals surface area contributed by atoms with Crippen molar-refractivity contribution in [2.75, 3.05) is 18.6 Å². The van der Waals surface area contributed by atoms with E-state index in [4.69, 9.17) is 0 Å². The van der Waals surface area contributed by atoms with E-state index in [0.29, 0.717) is 5.75 Å². The number of hydrogen-bond acceptors (Lipinski definition) is 3. The van der Waals surface area contributed by atoms with Gasteiger partial charge in [0.05, 0.1) is 11.7 Å². The molecule has 0 bridgehead atoms. The predicted octanol–water partition coefficient (Wildman–Crippen LogP) is 1.03. The molecule has 0 fully saturated rings. The fraction of sp³-hybridized carbons (Fsp3) is 0.364. The van der Waals surface area contributed by atoms with Gasteiger partial charge in [0.15, 0.2) is 0 Å². The first-order valence-electron chi connectivity index (χ1n) is 5.19. The summed E-state index contributed by atoms with van der Waals surface area (Å²) >= 11 is 0. The third kappa shape index (κ3) is 2.68. The van der Waals surface area contributed by atoms with Crippen LogP contribution in [0.25, 0.3) is 10.9 Å². The molecule has 2 N–H and O–H groups in total. The van der Waals surface area contributed by atoms with Crippen molar-refractivity contribution in [3.63, 3.8) is 0 Å². The summed E-state index contributed by atoms with van der Waals surface area (Å²) in [7, 11) is -0.725. The zero-order valence-electron chi connectivity index (χ0n) is 9.19. The third-order valence-corrected chi connectivity index (χ3v) is 3.22. The van der Waals surface area contributed by atoms with Gasteiger partial charge in [-0.1, -0.05) is 18.2 Å². The van der Waals surface area contributed by atoms with Crippen LogP contribution in [0.2, 0.25) is 0 Å².